The Hall–Kier alpha value is -2.50. The van der Waals surface area contributed by atoms with Crippen LogP contribution in [-0.2, 0) is 6.54 Å². The van der Waals surface area contributed by atoms with Crippen molar-refractivity contribution in [2.45, 2.75) is 25.8 Å². The molecule has 23 heavy (non-hydrogen) atoms. The number of aromatic nitrogens is 2. The third-order valence-electron chi connectivity index (χ3n) is 3.91. The van der Waals surface area contributed by atoms with Gasteiger partial charge in [0.15, 0.2) is 0 Å². The summed E-state index contributed by atoms with van der Waals surface area (Å²) in [6, 6.07) is 6.03. The van der Waals surface area contributed by atoms with Gasteiger partial charge in [0.05, 0.1) is 5.56 Å². The Labute approximate surface area is 134 Å². The normalized spacial score (nSPS) is 14.6. The zero-order chi connectivity index (χ0) is 16.1. The smallest absolute Gasteiger partial charge is 0.254 e. The summed E-state index contributed by atoms with van der Waals surface area (Å²) in [6.45, 7) is 2.28. The van der Waals surface area contributed by atoms with Crippen molar-refractivity contribution in [3.63, 3.8) is 0 Å². The number of hydrogen-bond donors (Lipinski definition) is 1. The molecule has 0 atom stereocenters. The van der Waals surface area contributed by atoms with Crippen LogP contribution < -0.4 is 10.2 Å². The zero-order valence-electron chi connectivity index (χ0n) is 12.8. The summed E-state index contributed by atoms with van der Waals surface area (Å²) in [5.74, 6) is 0.154. The van der Waals surface area contributed by atoms with E-state index in [1.165, 1.54) is 18.6 Å². The molecule has 0 radical (unpaired) electrons. The predicted octanol–water partition coefficient (Wildman–Crippen LogP) is 2.54. The van der Waals surface area contributed by atoms with E-state index in [4.69, 9.17) is 0 Å². The van der Waals surface area contributed by atoms with Crippen LogP contribution in [0.4, 0.5) is 10.3 Å². The number of nitrogens with zero attached hydrogens (tertiary/aromatic N) is 3. The fourth-order valence-electron chi connectivity index (χ4n) is 2.58. The number of halogens is 1. The molecule has 6 heteroatoms. The molecule has 1 amide bonds. The van der Waals surface area contributed by atoms with Gasteiger partial charge < -0.3 is 10.2 Å². The number of benzene rings is 1. The van der Waals surface area contributed by atoms with Crippen LogP contribution in [0.25, 0.3) is 0 Å². The number of carbonyl (C=O) groups is 1. The van der Waals surface area contributed by atoms with Gasteiger partial charge in [-0.25, -0.2) is 14.4 Å². The van der Waals surface area contributed by atoms with Crippen molar-refractivity contribution in [1.82, 2.24) is 15.3 Å². The first-order valence-corrected chi connectivity index (χ1v) is 7.82. The van der Waals surface area contributed by atoms with Crippen molar-refractivity contribution >= 4 is 11.9 Å². The molecule has 1 aliphatic rings. The van der Waals surface area contributed by atoms with E-state index in [9.17, 15) is 9.18 Å². The molecule has 1 aromatic carbocycles. The molecule has 2 heterocycles. The van der Waals surface area contributed by atoms with E-state index in [2.05, 4.69) is 20.2 Å². The lowest BCUT2D eigenvalue weighted by Crippen LogP contribution is -2.31. The van der Waals surface area contributed by atoms with Crippen molar-refractivity contribution in [2.75, 3.05) is 18.0 Å². The number of anilines is 1. The lowest BCUT2D eigenvalue weighted by atomic mass is 10.1. The summed E-state index contributed by atoms with van der Waals surface area (Å²) in [7, 11) is 0. The number of amides is 1. The number of nitrogens with one attached hydrogen (secondary N) is 1. The molecule has 1 aromatic heterocycles. The van der Waals surface area contributed by atoms with Crippen molar-refractivity contribution in [2.24, 2.45) is 0 Å². The van der Waals surface area contributed by atoms with Gasteiger partial charge in [0.1, 0.15) is 5.82 Å². The molecule has 0 unspecified atom stereocenters. The molecule has 1 aliphatic heterocycles. The number of carbonyl (C=O) groups excluding carboxylic acids is 1. The molecule has 1 fully saturated rings. The summed E-state index contributed by atoms with van der Waals surface area (Å²) in [5, 5.41) is 2.78. The molecule has 0 aliphatic carbocycles. The highest BCUT2D eigenvalue weighted by atomic mass is 19.1. The van der Waals surface area contributed by atoms with Gasteiger partial charge in [0.25, 0.3) is 5.91 Å². The Morgan fingerprint density at radius 1 is 1.09 bits per heavy atom. The second-order valence-electron chi connectivity index (χ2n) is 5.63. The van der Waals surface area contributed by atoms with Crippen LogP contribution in [0.5, 0.6) is 0 Å². The molecule has 5 nitrogen and oxygen atoms in total. The molecule has 120 valence electrons. The second kappa shape index (κ2) is 7.17. The highest BCUT2D eigenvalue weighted by molar-refractivity contribution is 5.93. The third-order valence-corrected chi connectivity index (χ3v) is 3.91. The Morgan fingerprint density at radius 3 is 2.39 bits per heavy atom. The largest absolute Gasteiger partial charge is 0.348 e. The van der Waals surface area contributed by atoms with Crippen LogP contribution >= 0.6 is 0 Å². The quantitative estimate of drug-likeness (QED) is 0.942. The maximum absolute atomic E-state index is 12.8. The highest BCUT2D eigenvalue weighted by Gasteiger charge is 2.14. The minimum atomic E-state index is -0.290. The molecule has 1 N–H and O–H groups in total. The number of rotatable bonds is 4. The van der Waals surface area contributed by atoms with Gasteiger partial charge in [-0.1, -0.05) is 12.1 Å². The second-order valence-corrected chi connectivity index (χ2v) is 5.63. The van der Waals surface area contributed by atoms with Crippen molar-refractivity contribution in [3.05, 3.63) is 53.6 Å². The van der Waals surface area contributed by atoms with E-state index >= 15 is 0 Å². The van der Waals surface area contributed by atoms with Gasteiger partial charge in [-0.3, -0.25) is 4.79 Å². The van der Waals surface area contributed by atoms with E-state index in [0.29, 0.717) is 18.1 Å². The van der Waals surface area contributed by atoms with Crippen LogP contribution in [-0.4, -0.2) is 29.0 Å². The predicted molar refractivity (Wildman–Crippen MR) is 85.7 cm³/mol. The Bertz CT molecular complexity index is 651. The van der Waals surface area contributed by atoms with E-state index in [1.807, 2.05) is 0 Å². The Morgan fingerprint density at radius 2 is 1.74 bits per heavy atom. The fourth-order valence-corrected chi connectivity index (χ4v) is 2.58. The van der Waals surface area contributed by atoms with Crippen LogP contribution in [0.15, 0.2) is 36.7 Å². The van der Waals surface area contributed by atoms with E-state index in [0.717, 1.165) is 31.5 Å². The molecule has 1 saturated heterocycles. The first kappa shape index (κ1) is 15.4. The van der Waals surface area contributed by atoms with Gasteiger partial charge in [-0.15, -0.1) is 0 Å². The Balaban J connectivity index is 1.57. The zero-order valence-corrected chi connectivity index (χ0v) is 12.8. The molecule has 0 spiro atoms. The van der Waals surface area contributed by atoms with Gasteiger partial charge in [0, 0.05) is 32.0 Å². The molecule has 0 saturated carbocycles. The standard InChI is InChI=1S/C17H19FN4O/c18-15-6-4-13(5-7-15)10-19-16(23)14-11-20-17(21-12-14)22-8-2-1-3-9-22/h4-7,11-12H,1-3,8-10H2,(H,19,23). The van der Waals surface area contributed by atoms with Crippen LogP contribution in [0.1, 0.15) is 35.2 Å². The SMILES string of the molecule is O=C(NCc1ccc(F)cc1)c1cnc(N2CCCCC2)nc1. The summed E-state index contributed by atoms with van der Waals surface area (Å²) in [5.41, 5.74) is 1.26. The van der Waals surface area contributed by atoms with E-state index in [-0.39, 0.29) is 11.7 Å². The summed E-state index contributed by atoms with van der Waals surface area (Å²) < 4.78 is 12.8. The number of piperidine rings is 1. The summed E-state index contributed by atoms with van der Waals surface area (Å²) in [6.07, 6.45) is 6.67. The van der Waals surface area contributed by atoms with Gasteiger partial charge in [-0.2, -0.15) is 0 Å². The third kappa shape index (κ3) is 4.03. The fraction of sp³-hybridized carbons (Fsp3) is 0.353. The lowest BCUT2D eigenvalue weighted by molar-refractivity contribution is 0.0950. The van der Waals surface area contributed by atoms with Crippen molar-refractivity contribution < 1.29 is 9.18 Å². The average Bonchev–Trinajstić information content (AvgIpc) is 2.62. The molecule has 3 rings (SSSR count). The number of hydrogen-bond acceptors (Lipinski definition) is 4. The topological polar surface area (TPSA) is 58.1 Å². The van der Waals surface area contributed by atoms with E-state index < -0.39 is 0 Å². The van der Waals surface area contributed by atoms with Crippen molar-refractivity contribution in [3.8, 4) is 0 Å². The van der Waals surface area contributed by atoms with Crippen LogP contribution in [0, 0.1) is 5.82 Å². The Kier molecular flexibility index (Phi) is 4.80. The first-order valence-electron chi connectivity index (χ1n) is 7.82. The van der Waals surface area contributed by atoms with Gasteiger partial charge in [-0.05, 0) is 37.0 Å². The molecular weight excluding hydrogens is 295 g/mol. The van der Waals surface area contributed by atoms with Crippen LogP contribution in [0.2, 0.25) is 0 Å². The highest BCUT2D eigenvalue weighted by Crippen LogP contribution is 2.15. The summed E-state index contributed by atoms with van der Waals surface area (Å²) >= 11 is 0. The van der Waals surface area contributed by atoms with Gasteiger partial charge in [0.2, 0.25) is 5.95 Å². The maximum atomic E-state index is 12.8. The monoisotopic (exact) mass is 314 g/mol. The average molecular weight is 314 g/mol. The van der Waals surface area contributed by atoms with Crippen molar-refractivity contribution in [1.29, 1.82) is 0 Å². The summed E-state index contributed by atoms with van der Waals surface area (Å²) in [4.78, 5) is 22.8. The van der Waals surface area contributed by atoms with Gasteiger partial charge >= 0.3 is 0 Å². The molecule has 2 aromatic rings. The molecule has 0 bridgehead atoms. The lowest BCUT2D eigenvalue weighted by Gasteiger charge is -2.26. The maximum Gasteiger partial charge on any atom is 0.254 e. The minimum absolute atomic E-state index is 0.237. The van der Waals surface area contributed by atoms with E-state index in [1.54, 1.807) is 24.5 Å². The first-order chi connectivity index (χ1) is 11.2. The van der Waals surface area contributed by atoms with Crippen LogP contribution in [0.3, 0.4) is 0 Å². The minimum Gasteiger partial charge on any atom is -0.348 e. The molecular formula is C17H19FN4O.